The molecule has 0 radical (unpaired) electrons. The van der Waals surface area contributed by atoms with Gasteiger partial charge in [-0.25, -0.2) is 8.42 Å². The molecule has 2 aliphatic rings. The van der Waals surface area contributed by atoms with E-state index in [4.69, 9.17) is 4.74 Å². The van der Waals surface area contributed by atoms with E-state index in [-0.39, 0.29) is 25.6 Å². The van der Waals surface area contributed by atoms with Crippen LogP contribution in [0.2, 0.25) is 0 Å². The summed E-state index contributed by atoms with van der Waals surface area (Å²) >= 11 is 0. The third kappa shape index (κ3) is 2.44. The van der Waals surface area contributed by atoms with E-state index in [1.807, 2.05) is 0 Å². The zero-order chi connectivity index (χ0) is 16.1. The Kier molecular flexibility index (Phi) is 3.82. The normalized spacial score (nSPS) is 30.0. The van der Waals surface area contributed by atoms with Crippen LogP contribution in [0.4, 0.5) is 0 Å². The number of ether oxygens (including phenoxy) is 1. The molecule has 2 rings (SSSR count). The quantitative estimate of drug-likeness (QED) is 0.770. The summed E-state index contributed by atoms with van der Waals surface area (Å²) in [6.45, 7) is 3.63. The van der Waals surface area contributed by atoms with Gasteiger partial charge in [-0.3, -0.25) is 9.59 Å². The van der Waals surface area contributed by atoms with Gasteiger partial charge in [-0.2, -0.15) is 0 Å². The van der Waals surface area contributed by atoms with E-state index in [1.54, 1.807) is 0 Å². The van der Waals surface area contributed by atoms with Gasteiger partial charge in [0.2, 0.25) is 5.91 Å². The minimum absolute atomic E-state index is 0.0497. The molecule has 1 N–H and O–H groups in total. The molecular formula is C13H21NO6S. The highest BCUT2D eigenvalue weighted by molar-refractivity contribution is 7.92. The average Bonchev–Trinajstić information content (AvgIpc) is 2.76. The minimum Gasteiger partial charge on any atom is -0.481 e. The molecule has 7 nitrogen and oxygen atoms in total. The fourth-order valence-corrected chi connectivity index (χ4v) is 3.44. The number of fused-ring (bicyclic) bond motifs is 1. The van der Waals surface area contributed by atoms with Crippen molar-refractivity contribution in [1.29, 1.82) is 0 Å². The fraction of sp³-hybridized carbons (Fsp3) is 0.846. The minimum atomic E-state index is -3.58. The first-order chi connectivity index (χ1) is 9.52. The first-order valence-corrected chi connectivity index (χ1v) is 8.71. The molecule has 0 aromatic heterocycles. The standard InChI is InChI=1S/C13H21NO6S/c1-12(2,21(3,18)19)10(15)14-6-9-7-20-5-4-13(9,8-14)11(16)17/h9H,4-8H2,1-3H3,(H,16,17)/t9-,13+/m0/s1. The fourth-order valence-electron chi connectivity index (χ4n) is 2.99. The molecular weight excluding hydrogens is 298 g/mol. The van der Waals surface area contributed by atoms with Crippen LogP contribution in [0.15, 0.2) is 0 Å². The van der Waals surface area contributed by atoms with Gasteiger partial charge in [-0.05, 0) is 20.3 Å². The van der Waals surface area contributed by atoms with Gasteiger partial charge in [-0.1, -0.05) is 0 Å². The van der Waals surface area contributed by atoms with Crippen molar-refractivity contribution in [3.63, 3.8) is 0 Å². The second kappa shape index (κ2) is 4.95. The molecule has 0 aromatic carbocycles. The molecule has 120 valence electrons. The van der Waals surface area contributed by atoms with Gasteiger partial charge in [0.05, 0.1) is 12.0 Å². The maximum Gasteiger partial charge on any atom is 0.311 e. The number of hydrogen-bond donors (Lipinski definition) is 1. The third-order valence-corrected chi connectivity index (χ3v) is 6.89. The predicted molar refractivity (Wildman–Crippen MR) is 74.5 cm³/mol. The second-order valence-electron chi connectivity index (χ2n) is 6.45. The van der Waals surface area contributed by atoms with E-state index in [9.17, 15) is 23.1 Å². The zero-order valence-corrected chi connectivity index (χ0v) is 13.3. The van der Waals surface area contributed by atoms with E-state index in [0.717, 1.165) is 6.26 Å². The summed E-state index contributed by atoms with van der Waals surface area (Å²) in [6, 6.07) is 0. The number of carboxylic acids is 1. The Hall–Kier alpha value is -1.15. The summed E-state index contributed by atoms with van der Waals surface area (Å²) in [7, 11) is -3.58. The number of carbonyl (C=O) groups excluding carboxylic acids is 1. The van der Waals surface area contributed by atoms with Crippen LogP contribution >= 0.6 is 0 Å². The topological polar surface area (TPSA) is 101 Å². The second-order valence-corrected chi connectivity index (χ2v) is 9.02. The van der Waals surface area contributed by atoms with Crippen LogP contribution in [0.5, 0.6) is 0 Å². The predicted octanol–water partition coefficient (Wildman–Crippen LogP) is -0.241. The van der Waals surface area contributed by atoms with Crippen molar-refractivity contribution in [3.8, 4) is 0 Å². The van der Waals surface area contributed by atoms with Crippen molar-refractivity contribution in [1.82, 2.24) is 4.90 Å². The van der Waals surface area contributed by atoms with Crippen LogP contribution in [0.3, 0.4) is 0 Å². The molecule has 0 bridgehead atoms. The van der Waals surface area contributed by atoms with Crippen LogP contribution in [-0.4, -0.2) is 67.6 Å². The van der Waals surface area contributed by atoms with Gasteiger partial charge < -0.3 is 14.7 Å². The van der Waals surface area contributed by atoms with Crippen molar-refractivity contribution in [2.24, 2.45) is 11.3 Å². The SMILES string of the molecule is CC(C)(C(=O)N1C[C@H]2COCC[C@@]2(C(=O)O)C1)S(C)(=O)=O. The number of nitrogens with zero attached hydrogens (tertiary/aromatic N) is 1. The Morgan fingerprint density at radius 2 is 2.00 bits per heavy atom. The number of rotatable bonds is 3. The lowest BCUT2D eigenvalue weighted by molar-refractivity contribution is -0.157. The van der Waals surface area contributed by atoms with Crippen molar-refractivity contribution in [2.75, 3.05) is 32.6 Å². The van der Waals surface area contributed by atoms with Crippen LogP contribution in [0, 0.1) is 11.3 Å². The van der Waals surface area contributed by atoms with Crippen molar-refractivity contribution in [2.45, 2.75) is 25.0 Å². The molecule has 8 heteroatoms. The molecule has 1 amide bonds. The first-order valence-electron chi connectivity index (χ1n) is 6.82. The third-order valence-electron chi connectivity index (χ3n) is 4.86. The summed E-state index contributed by atoms with van der Waals surface area (Å²) < 4.78 is 27.3. The lowest BCUT2D eigenvalue weighted by Crippen LogP contribution is -2.50. The summed E-state index contributed by atoms with van der Waals surface area (Å²) in [5, 5.41) is 9.55. The van der Waals surface area contributed by atoms with E-state index >= 15 is 0 Å². The van der Waals surface area contributed by atoms with E-state index in [0.29, 0.717) is 13.0 Å². The Balaban J connectivity index is 2.29. The Labute approximate surface area is 124 Å². The highest BCUT2D eigenvalue weighted by Gasteiger charge is 2.57. The molecule has 2 saturated heterocycles. The van der Waals surface area contributed by atoms with Crippen molar-refractivity contribution < 1.29 is 27.9 Å². The summed E-state index contributed by atoms with van der Waals surface area (Å²) in [5.74, 6) is -1.77. The number of hydrogen-bond acceptors (Lipinski definition) is 5. The number of likely N-dealkylation sites (tertiary alicyclic amines) is 1. The van der Waals surface area contributed by atoms with Gasteiger partial charge in [0.15, 0.2) is 9.84 Å². The molecule has 2 fully saturated rings. The molecule has 2 aliphatic heterocycles. The number of sulfone groups is 1. The molecule has 2 atom stereocenters. The van der Waals surface area contributed by atoms with Gasteiger partial charge in [0.25, 0.3) is 0 Å². The van der Waals surface area contributed by atoms with Gasteiger partial charge in [0, 0.05) is 31.9 Å². The average molecular weight is 319 g/mol. The molecule has 0 aliphatic carbocycles. The van der Waals surface area contributed by atoms with E-state index in [2.05, 4.69) is 0 Å². The lowest BCUT2D eigenvalue weighted by atomic mass is 9.74. The Morgan fingerprint density at radius 3 is 2.48 bits per heavy atom. The number of carboxylic acid groups (broad SMARTS) is 1. The number of amides is 1. The van der Waals surface area contributed by atoms with Crippen LogP contribution in [0.1, 0.15) is 20.3 Å². The highest BCUT2D eigenvalue weighted by Crippen LogP contribution is 2.43. The van der Waals surface area contributed by atoms with E-state index < -0.39 is 31.9 Å². The summed E-state index contributed by atoms with van der Waals surface area (Å²) in [5.41, 5.74) is -1.01. The van der Waals surface area contributed by atoms with Crippen LogP contribution in [0.25, 0.3) is 0 Å². The van der Waals surface area contributed by atoms with Gasteiger partial charge >= 0.3 is 5.97 Å². The van der Waals surface area contributed by atoms with Crippen LogP contribution < -0.4 is 0 Å². The molecule has 0 aromatic rings. The summed E-state index contributed by atoms with van der Waals surface area (Å²) in [4.78, 5) is 25.6. The van der Waals surface area contributed by atoms with Gasteiger partial charge in [-0.15, -0.1) is 0 Å². The van der Waals surface area contributed by atoms with Gasteiger partial charge in [0.1, 0.15) is 4.75 Å². The maximum absolute atomic E-state index is 12.5. The smallest absolute Gasteiger partial charge is 0.311 e. The first kappa shape index (κ1) is 16.2. The zero-order valence-electron chi connectivity index (χ0n) is 12.5. The number of carbonyl (C=O) groups is 2. The highest BCUT2D eigenvalue weighted by atomic mass is 32.2. The molecule has 21 heavy (non-hydrogen) atoms. The molecule has 0 unspecified atom stereocenters. The monoisotopic (exact) mass is 319 g/mol. The maximum atomic E-state index is 12.5. The molecule has 0 saturated carbocycles. The Morgan fingerprint density at radius 1 is 1.38 bits per heavy atom. The summed E-state index contributed by atoms with van der Waals surface area (Å²) in [6.07, 6.45) is 1.36. The molecule has 0 spiro atoms. The Bertz CT molecular complexity index is 569. The van der Waals surface area contributed by atoms with Crippen molar-refractivity contribution >= 4 is 21.7 Å². The lowest BCUT2D eigenvalue weighted by Gasteiger charge is -2.34. The van der Waals surface area contributed by atoms with Crippen molar-refractivity contribution in [3.05, 3.63) is 0 Å². The van der Waals surface area contributed by atoms with E-state index in [1.165, 1.54) is 18.7 Å². The van der Waals surface area contributed by atoms with Crippen LogP contribution in [-0.2, 0) is 24.2 Å². The molecule has 2 heterocycles. The largest absolute Gasteiger partial charge is 0.481 e. The number of aliphatic carboxylic acids is 1.